The average molecular weight is 385 g/mol. The maximum absolute atomic E-state index is 5.34. The molecule has 138 valence electrons. The Morgan fingerprint density at radius 3 is 2.32 bits per heavy atom. The van der Waals surface area contributed by atoms with E-state index in [0.29, 0.717) is 11.1 Å². The Labute approximate surface area is 168 Å². The minimum absolute atomic E-state index is 0.431. The number of fused-ring (bicyclic) bond motifs is 1. The van der Waals surface area contributed by atoms with Gasteiger partial charge in [0.1, 0.15) is 0 Å². The summed E-state index contributed by atoms with van der Waals surface area (Å²) in [6, 6.07) is 26.0. The van der Waals surface area contributed by atoms with Gasteiger partial charge in [0, 0.05) is 16.6 Å². The molecule has 0 aliphatic heterocycles. The van der Waals surface area contributed by atoms with Crippen LogP contribution in [0.1, 0.15) is 5.56 Å². The number of anilines is 2. The normalized spacial score (nSPS) is 10.5. The summed E-state index contributed by atoms with van der Waals surface area (Å²) in [7, 11) is 0. The van der Waals surface area contributed by atoms with Crippen molar-refractivity contribution in [3.05, 3.63) is 84.4 Å². The second-order valence-electron chi connectivity index (χ2n) is 6.35. The zero-order chi connectivity index (χ0) is 19.3. The summed E-state index contributed by atoms with van der Waals surface area (Å²) in [6.45, 7) is 2.05. The Kier molecular flexibility index (Phi) is 5.12. The molecule has 0 amide bonds. The van der Waals surface area contributed by atoms with Gasteiger partial charge in [-0.3, -0.25) is 10.9 Å². The molecule has 3 aromatic carbocycles. The number of rotatable bonds is 4. The number of aryl methyl sites for hydroxylation is 1. The SMILES string of the molecule is Cc1ccc2c(-c3ccccc3)nc(NNC(=S)Nc3ccccc3)nc2c1. The van der Waals surface area contributed by atoms with Crippen LogP contribution >= 0.6 is 12.2 Å². The lowest BCUT2D eigenvalue weighted by Gasteiger charge is -2.13. The van der Waals surface area contributed by atoms with Crippen LogP contribution < -0.4 is 16.2 Å². The first-order valence-electron chi connectivity index (χ1n) is 8.91. The smallest absolute Gasteiger partial charge is 0.242 e. The Hall–Kier alpha value is -3.51. The molecule has 28 heavy (non-hydrogen) atoms. The first-order chi connectivity index (χ1) is 13.7. The Morgan fingerprint density at radius 2 is 1.57 bits per heavy atom. The molecule has 5 nitrogen and oxygen atoms in total. The van der Waals surface area contributed by atoms with Gasteiger partial charge < -0.3 is 5.32 Å². The van der Waals surface area contributed by atoms with Gasteiger partial charge in [-0.15, -0.1) is 0 Å². The molecule has 0 bridgehead atoms. The highest BCUT2D eigenvalue weighted by Gasteiger charge is 2.10. The second kappa shape index (κ2) is 8.02. The van der Waals surface area contributed by atoms with Crippen molar-refractivity contribution in [2.45, 2.75) is 6.92 Å². The molecular formula is C22H19N5S. The van der Waals surface area contributed by atoms with E-state index in [4.69, 9.17) is 17.2 Å². The summed E-state index contributed by atoms with van der Waals surface area (Å²) in [6.07, 6.45) is 0. The Morgan fingerprint density at radius 1 is 0.857 bits per heavy atom. The highest BCUT2D eigenvalue weighted by molar-refractivity contribution is 7.80. The zero-order valence-corrected chi connectivity index (χ0v) is 16.1. The lowest BCUT2D eigenvalue weighted by molar-refractivity contribution is 1.06. The first kappa shape index (κ1) is 17.9. The topological polar surface area (TPSA) is 61.9 Å². The van der Waals surface area contributed by atoms with Gasteiger partial charge in [-0.05, 0) is 42.9 Å². The molecule has 0 fully saturated rings. The highest BCUT2D eigenvalue weighted by Crippen LogP contribution is 2.27. The van der Waals surface area contributed by atoms with E-state index in [1.807, 2.05) is 67.6 Å². The molecular weight excluding hydrogens is 366 g/mol. The Balaban J connectivity index is 1.61. The van der Waals surface area contributed by atoms with Crippen LogP contribution in [0.3, 0.4) is 0 Å². The highest BCUT2D eigenvalue weighted by atomic mass is 32.1. The number of para-hydroxylation sites is 1. The van der Waals surface area contributed by atoms with Crippen LogP contribution in [0.15, 0.2) is 78.9 Å². The molecule has 0 saturated carbocycles. The number of hydrogen-bond donors (Lipinski definition) is 3. The van der Waals surface area contributed by atoms with Crippen LogP contribution in [-0.2, 0) is 0 Å². The first-order valence-corrected chi connectivity index (χ1v) is 9.32. The number of hydrogen-bond acceptors (Lipinski definition) is 4. The fourth-order valence-electron chi connectivity index (χ4n) is 2.91. The number of thiocarbonyl (C=S) groups is 1. The van der Waals surface area contributed by atoms with E-state index in [1.165, 1.54) is 0 Å². The monoisotopic (exact) mass is 385 g/mol. The standard InChI is InChI=1S/C22H19N5S/c1-15-12-13-18-19(14-15)24-21(25-20(18)16-8-4-2-5-9-16)26-27-22(28)23-17-10-6-3-7-11-17/h2-14H,1H3,(H2,23,27,28)(H,24,25,26). The van der Waals surface area contributed by atoms with Crippen LogP contribution in [0.4, 0.5) is 11.6 Å². The molecule has 3 N–H and O–H groups in total. The van der Waals surface area contributed by atoms with E-state index in [-0.39, 0.29) is 0 Å². The molecule has 0 saturated heterocycles. The summed E-state index contributed by atoms with van der Waals surface area (Å²) in [5.41, 5.74) is 10.8. The van der Waals surface area contributed by atoms with E-state index in [1.54, 1.807) is 0 Å². The molecule has 1 heterocycles. The molecule has 0 atom stereocenters. The minimum atomic E-state index is 0.431. The second-order valence-corrected chi connectivity index (χ2v) is 6.76. The fraction of sp³-hybridized carbons (Fsp3) is 0.0455. The third-order valence-electron chi connectivity index (χ3n) is 4.22. The van der Waals surface area contributed by atoms with Crippen molar-refractivity contribution in [3.63, 3.8) is 0 Å². The molecule has 0 aliphatic carbocycles. The number of hydrazine groups is 1. The van der Waals surface area contributed by atoms with E-state index in [2.05, 4.69) is 39.4 Å². The van der Waals surface area contributed by atoms with Gasteiger partial charge in [-0.2, -0.15) is 0 Å². The van der Waals surface area contributed by atoms with Crippen LogP contribution in [0, 0.1) is 6.92 Å². The van der Waals surface area contributed by atoms with Crippen molar-refractivity contribution in [1.82, 2.24) is 15.4 Å². The number of aromatic nitrogens is 2. The van der Waals surface area contributed by atoms with Crippen LogP contribution in [0.5, 0.6) is 0 Å². The lowest BCUT2D eigenvalue weighted by atomic mass is 10.1. The van der Waals surface area contributed by atoms with Crippen LogP contribution in [-0.4, -0.2) is 15.1 Å². The van der Waals surface area contributed by atoms with Gasteiger partial charge in [0.15, 0.2) is 5.11 Å². The van der Waals surface area contributed by atoms with E-state index in [0.717, 1.165) is 33.4 Å². The summed E-state index contributed by atoms with van der Waals surface area (Å²) < 4.78 is 0. The summed E-state index contributed by atoms with van der Waals surface area (Å²) >= 11 is 5.34. The van der Waals surface area contributed by atoms with E-state index >= 15 is 0 Å². The third kappa shape index (κ3) is 4.07. The van der Waals surface area contributed by atoms with Crippen molar-refractivity contribution in [1.29, 1.82) is 0 Å². The maximum atomic E-state index is 5.34. The molecule has 0 spiro atoms. The maximum Gasteiger partial charge on any atom is 0.242 e. The molecule has 0 aliphatic rings. The predicted molar refractivity (Wildman–Crippen MR) is 119 cm³/mol. The van der Waals surface area contributed by atoms with Crippen molar-refractivity contribution >= 4 is 39.9 Å². The zero-order valence-electron chi connectivity index (χ0n) is 15.3. The average Bonchev–Trinajstić information content (AvgIpc) is 2.73. The van der Waals surface area contributed by atoms with Crippen molar-refractivity contribution in [2.24, 2.45) is 0 Å². The van der Waals surface area contributed by atoms with Crippen LogP contribution in [0.25, 0.3) is 22.2 Å². The summed E-state index contributed by atoms with van der Waals surface area (Å²) in [5.74, 6) is 0.453. The molecule has 4 aromatic rings. The fourth-order valence-corrected chi connectivity index (χ4v) is 3.08. The molecule has 6 heteroatoms. The van der Waals surface area contributed by atoms with Crippen molar-refractivity contribution in [2.75, 3.05) is 10.7 Å². The van der Waals surface area contributed by atoms with Gasteiger partial charge in [-0.1, -0.05) is 60.7 Å². The molecule has 4 rings (SSSR count). The lowest BCUT2D eigenvalue weighted by Crippen LogP contribution is -2.34. The van der Waals surface area contributed by atoms with Crippen molar-refractivity contribution < 1.29 is 0 Å². The molecule has 0 radical (unpaired) electrons. The van der Waals surface area contributed by atoms with Crippen molar-refractivity contribution in [3.8, 4) is 11.3 Å². The van der Waals surface area contributed by atoms with Crippen LogP contribution in [0.2, 0.25) is 0 Å². The van der Waals surface area contributed by atoms with E-state index in [9.17, 15) is 0 Å². The number of nitrogens with zero attached hydrogens (tertiary/aromatic N) is 2. The number of nitrogens with one attached hydrogen (secondary N) is 3. The Bertz CT molecular complexity index is 1110. The minimum Gasteiger partial charge on any atom is -0.331 e. The van der Waals surface area contributed by atoms with Gasteiger partial charge in [0.25, 0.3) is 0 Å². The van der Waals surface area contributed by atoms with Gasteiger partial charge in [-0.25, -0.2) is 9.97 Å². The van der Waals surface area contributed by atoms with Gasteiger partial charge in [0.2, 0.25) is 5.95 Å². The van der Waals surface area contributed by atoms with E-state index < -0.39 is 0 Å². The predicted octanol–water partition coefficient (Wildman–Crippen LogP) is 4.92. The number of benzene rings is 3. The molecule has 0 unspecified atom stereocenters. The largest absolute Gasteiger partial charge is 0.331 e. The van der Waals surface area contributed by atoms with Gasteiger partial charge in [0.05, 0.1) is 11.2 Å². The summed E-state index contributed by atoms with van der Waals surface area (Å²) in [4.78, 5) is 9.34. The molecule has 1 aromatic heterocycles. The van der Waals surface area contributed by atoms with Gasteiger partial charge >= 0.3 is 0 Å². The quantitative estimate of drug-likeness (QED) is 0.342. The third-order valence-corrected chi connectivity index (χ3v) is 4.42. The summed E-state index contributed by atoms with van der Waals surface area (Å²) in [5, 5.41) is 4.54.